The molecule has 0 rings (SSSR count). The van der Waals surface area contributed by atoms with Gasteiger partial charge in [-0.15, -0.1) is 0 Å². The van der Waals surface area contributed by atoms with Gasteiger partial charge in [-0.2, -0.15) is 0 Å². The van der Waals surface area contributed by atoms with Crippen molar-refractivity contribution in [3.8, 4) is 0 Å². The first-order chi connectivity index (χ1) is 4.57. The third-order valence-corrected chi connectivity index (χ3v) is 0.980. The molecular weight excluding hydrogens is 128 g/mol. The Labute approximate surface area is 61.2 Å². The summed E-state index contributed by atoms with van der Waals surface area (Å²) in [7, 11) is 0. The Balaban J connectivity index is 3.80. The molecule has 0 unspecified atom stereocenters. The molecule has 0 atom stereocenters. The Morgan fingerprint density at radius 2 is 2.00 bits per heavy atom. The van der Waals surface area contributed by atoms with Crippen LogP contribution in [0.5, 0.6) is 0 Å². The summed E-state index contributed by atoms with van der Waals surface area (Å²) in [6.07, 6.45) is 0.652. The van der Waals surface area contributed by atoms with Crippen LogP contribution in [0.2, 0.25) is 0 Å². The van der Waals surface area contributed by atoms with E-state index in [0.29, 0.717) is 17.8 Å². The van der Waals surface area contributed by atoms with E-state index in [9.17, 15) is 4.79 Å². The third-order valence-electron chi connectivity index (χ3n) is 0.980. The van der Waals surface area contributed by atoms with Crippen molar-refractivity contribution in [1.29, 1.82) is 0 Å². The summed E-state index contributed by atoms with van der Waals surface area (Å²) in [5.41, 5.74) is 0.398. The number of esters is 1. The zero-order chi connectivity index (χ0) is 8.15. The molecule has 0 aliphatic carbocycles. The van der Waals surface area contributed by atoms with Gasteiger partial charge in [-0.1, -0.05) is 20.1 Å². The predicted octanol–water partition coefficient (Wildman–Crippen LogP) is 2.03. The molecule has 0 aromatic heterocycles. The largest absolute Gasteiger partial charge is 0.428 e. The second kappa shape index (κ2) is 3.88. The first kappa shape index (κ1) is 8.95. The van der Waals surface area contributed by atoms with Gasteiger partial charge in [-0.3, -0.25) is 0 Å². The first-order valence-electron chi connectivity index (χ1n) is 3.13. The Morgan fingerprint density at radius 1 is 1.50 bits per heavy atom. The highest BCUT2D eigenvalue weighted by molar-refractivity contribution is 5.87. The average molecular weight is 140 g/mol. The quantitative estimate of drug-likeness (QED) is 0.340. The molecule has 2 nitrogen and oxygen atoms in total. The summed E-state index contributed by atoms with van der Waals surface area (Å²) in [4.78, 5) is 10.7. The van der Waals surface area contributed by atoms with Crippen LogP contribution >= 0.6 is 0 Å². The number of carbonyl (C=O) groups excluding carboxylic acids is 1. The Kier molecular flexibility index (Phi) is 3.47. The molecule has 0 saturated carbocycles. The maximum atomic E-state index is 10.7. The topological polar surface area (TPSA) is 26.3 Å². The van der Waals surface area contributed by atoms with Crippen molar-refractivity contribution in [2.24, 2.45) is 0 Å². The number of ether oxygens (including phenoxy) is 1. The van der Waals surface area contributed by atoms with E-state index >= 15 is 0 Å². The summed E-state index contributed by atoms with van der Waals surface area (Å²) in [5.74, 6) is 0.0832. The number of hydrogen-bond acceptors (Lipinski definition) is 2. The smallest absolute Gasteiger partial charge is 0.338 e. The molecule has 0 aliphatic heterocycles. The van der Waals surface area contributed by atoms with Crippen molar-refractivity contribution < 1.29 is 9.53 Å². The minimum Gasteiger partial charge on any atom is -0.428 e. The molecule has 10 heavy (non-hydrogen) atoms. The lowest BCUT2D eigenvalue weighted by Crippen LogP contribution is -2.03. The Hall–Kier alpha value is -1.05. The summed E-state index contributed by atoms with van der Waals surface area (Å²) in [6, 6.07) is 0. The zero-order valence-corrected chi connectivity index (χ0v) is 6.44. The van der Waals surface area contributed by atoms with Crippen molar-refractivity contribution in [2.45, 2.75) is 20.3 Å². The van der Waals surface area contributed by atoms with E-state index in [1.54, 1.807) is 6.92 Å². The molecule has 2 heteroatoms. The van der Waals surface area contributed by atoms with Crippen LogP contribution in [-0.4, -0.2) is 5.97 Å². The minimum absolute atomic E-state index is 0.396. The molecule has 0 aromatic rings. The standard InChI is InChI=1S/C8H12O2/c1-5-7(4)10-8(9)6(2)3/h2,4-5H2,1,3H3. The van der Waals surface area contributed by atoms with Gasteiger partial charge in [0.15, 0.2) is 0 Å². The van der Waals surface area contributed by atoms with Gasteiger partial charge in [0.25, 0.3) is 0 Å². The summed E-state index contributed by atoms with van der Waals surface area (Å²) in [6.45, 7) is 10.4. The van der Waals surface area contributed by atoms with Gasteiger partial charge in [-0.25, -0.2) is 4.79 Å². The van der Waals surface area contributed by atoms with Gasteiger partial charge >= 0.3 is 5.97 Å². The van der Waals surface area contributed by atoms with Crippen LogP contribution in [0.1, 0.15) is 20.3 Å². The molecule has 0 saturated heterocycles. The molecule has 56 valence electrons. The number of allylic oxidation sites excluding steroid dienone is 1. The van der Waals surface area contributed by atoms with Gasteiger partial charge in [-0.05, 0) is 6.92 Å². The molecule has 0 amide bonds. The van der Waals surface area contributed by atoms with E-state index in [1.165, 1.54) is 0 Å². The van der Waals surface area contributed by atoms with Crippen molar-refractivity contribution >= 4 is 5.97 Å². The Bertz CT molecular complexity index is 168. The van der Waals surface area contributed by atoms with Crippen LogP contribution in [0.4, 0.5) is 0 Å². The number of carbonyl (C=O) groups is 1. The molecule has 0 bridgehead atoms. The molecule has 0 aromatic carbocycles. The first-order valence-corrected chi connectivity index (χ1v) is 3.13. The van der Waals surface area contributed by atoms with Gasteiger partial charge in [0.2, 0.25) is 0 Å². The number of hydrogen-bond donors (Lipinski definition) is 0. The maximum absolute atomic E-state index is 10.7. The summed E-state index contributed by atoms with van der Waals surface area (Å²) < 4.78 is 4.73. The van der Waals surface area contributed by atoms with Crippen molar-refractivity contribution in [2.75, 3.05) is 0 Å². The highest BCUT2D eigenvalue weighted by Gasteiger charge is 2.03. The van der Waals surface area contributed by atoms with E-state index in [1.807, 2.05) is 6.92 Å². The van der Waals surface area contributed by atoms with E-state index in [2.05, 4.69) is 13.2 Å². The van der Waals surface area contributed by atoms with Crippen LogP contribution in [0.3, 0.4) is 0 Å². The van der Waals surface area contributed by atoms with E-state index in [0.717, 1.165) is 0 Å². The lowest BCUT2D eigenvalue weighted by atomic mass is 10.3. The van der Waals surface area contributed by atoms with Crippen LogP contribution in [0.15, 0.2) is 24.5 Å². The second-order valence-electron chi connectivity index (χ2n) is 2.06. The second-order valence-corrected chi connectivity index (χ2v) is 2.06. The van der Waals surface area contributed by atoms with Gasteiger partial charge in [0, 0.05) is 12.0 Å². The van der Waals surface area contributed by atoms with Crippen LogP contribution in [-0.2, 0) is 9.53 Å². The molecular formula is C8H12O2. The lowest BCUT2D eigenvalue weighted by molar-refractivity contribution is -0.135. The van der Waals surface area contributed by atoms with Crippen LogP contribution in [0.25, 0.3) is 0 Å². The SMILES string of the molecule is C=C(CC)OC(=O)C(=C)C. The Morgan fingerprint density at radius 3 is 2.30 bits per heavy atom. The average Bonchev–Trinajstić information content (AvgIpc) is 1.87. The maximum Gasteiger partial charge on any atom is 0.338 e. The third kappa shape index (κ3) is 3.07. The summed E-state index contributed by atoms with van der Waals surface area (Å²) >= 11 is 0. The van der Waals surface area contributed by atoms with E-state index in [4.69, 9.17) is 4.74 Å². The van der Waals surface area contributed by atoms with Gasteiger partial charge in [0.05, 0.1) is 0 Å². The number of rotatable bonds is 3. The van der Waals surface area contributed by atoms with E-state index < -0.39 is 5.97 Å². The minimum atomic E-state index is -0.396. The molecule has 0 fully saturated rings. The lowest BCUT2D eigenvalue weighted by Gasteiger charge is -2.02. The highest BCUT2D eigenvalue weighted by Crippen LogP contribution is 2.02. The van der Waals surface area contributed by atoms with Gasteiger partial charge < -0.3 is 4.74 Å². The van der Waals surface area contributed by atoms with E-state index in [-0.39, 0.29) is 0 Å². The predicted molar refractivity (Wildman–Crippen MR) is 40.3 cm³/mol. The molecule has 0 aliphatic rings. The highest BCUT2D eigenvalue weighted by atomic mass is 16.5. The fourth-order valence-corrected chi connectivity index (χ4v) is 0.290. The van der Waals surface area contributed by atoms with Gasteiger partial charge in [0.1, 0.15) is 5.76 Å². The van der Waals surface area contributed by atoms with Crippen LogP contribution in [0, 0.1) is 0 Å². The van der Waals surface area contributed by atoms with Crippen LogP contribution < -0.4 is 0 Å². The zero-order valence-electron chi connectivity index (χ0n) is 6.44. The fraction of sp³-hybridized carbons (Fsp3) is 0.375. The molecule has 0 N–H and O–H groups in total. The monoisotopic (exact) mass is 140 g/mol. The molecule has 0 heterocycles. The van der Waals surface area contributed by atoms with Crippen molar-refractivity contribution in [3.63, 3.8) is 0 Å². The normalized spacial score (nSPS) is 8.60. The fourth-order valence-electron chi connectivity index (χ4n) is 0.290. The molecule has 0 spiro atoms. The molecule has 0 radical (unpaired) electrons. The summed E-state index contributed by atoms with van der Waals surface area (Å²) in [5, 5.41) is 0. The van der Waals surface area contributed by atoms with Crippen molar-refractivity contribution in [1.82, 2.24) is 0 Å². The van der Waals surface area contributed by atoms with Crippen molar-refractivity contribution in [3.05, 3.63) is 24.5 Å².